The van der Waals surface area contributed by atoms with Crippen LogP contribution in [0.25, 0.3) is 0 Å². The number of nitrogens with one attached hydrogen (secondary N) is 1. The SMILES string of the molecule is CCN(CC(=O)Nc1cc(Cl)ccc1C#N)c1ccccc1. The van der Waals surface area contributed by atoms with Crippen LogP contribution in [0.1, 0.15) is 12.5 Å². The van der Waals surface area contributed by atoms with Gasteiger partial charge in [-0.3, -0.25) is 4.79 Å². The molecule has 0 saturated carbocycles. The van der Waals surface area contributed by atoms with Crippen molar-refractivity contribution in [3.63, 3.8) is 0 Å². The molecule has 0 unspecified atom stereocenters. The highest BCUT2D eigenvalue weighted by atomic mass is 35.5. The van der Waals surface area contributed by atoms with Crippen molar-refractivity contribution in [2.24, 2.45) is 0 Å². The van der Waals surface area contributed by atoms with Gasteiger partial charge in [0, 0.05) is 17.3 Å². The minimum atomic E-state index is -0.190. The molecule has 0 heterocycles. The van der Waals surface area contributed by atoms with Crippen LogP contribution in [0.5, 0.6) is 0 Å². The summed E-state index contributed by atoms with van der Waals surface area (Å²) in [4.78, 5) is 14.2. The fourth-order valence-corrected chi connectivity index (χ4v) is 2.28. The summed E-state index contributed by atoms with van der Waals surface area (Å²) in [5.74, 6) is -0.190. The number of nitriles is 1. The fourth-order valence-electron chi connectivity index (χ4n) is 2.10. The van der Waals surface area contributed by atoms with Gasteiger partial charge in [-0.1, -0.05) is 29.8 Å². The summed E-state index contributed by atoms with van der Waals surface area (Å²) < 4.78 is 0. The molecule has 4 nitrogen and oxygen atoms in total. The van der Waals surface area contributed by atoms with Gasteiger partial charge in [-0.05, 0) is 37.3 Å². The predicted octanol–water partition coefficient (Wildman–Crippen LogP) is 3.68. The lowest BCUT2D eigenvalue weighted by molar-refractivity contribution is -0.115. The molecule has 0 bridgehead atoms. The zero-order valence-electron chi connectivity index (χ0n) is 12.2. The summed E-state index contributed by atoms with van der Waals surface area (Å²) in [5, 5.41) is 12.3. The number of anilines is 2. The summed E-state index contributed by atoms with van der Waals surface area (Å²) in [7, 11) is 0. The van der Waals surface area contributed by atoms with Gasteiger partial charge in [0.1, 0.15) is 6.07 Å². The van der Waals surface area contributed by atoms with Crippen LogP contribution in [0, 0.1) is 11.3 Å². The maximum absolute atomic E-state index is 12.2. The van der Waals surface area contributed by atoms with Crippen LogP contribution in [0.2, 0.25) is 5.02 Å². The second-order valence-corrected chi connectivity index (χ2v) is 5.14. The molecule has 2 rings (SSSR count). The molecule has 0 radical (unpaired) electrons. The number of benzene rings is 2. The number of halogens is 1. The number of amides is 1. The first-order chi connectivity index (χ1) is 10.6. The van der Waals surface area contributed by atoms with Crippen molar-refractivity contribution < 1.29 is 4.79 Å². The van der Waals surface area contributed by atoms with Gasteiger partial charge in [0.25, 0.3) is 0 Å². The van der Waals surface area contributed by atoms with E-state index in [4.69, 9.17) is 16.9 Å². The van der Waals surface area contributed by atoms with Crippen LogP contribution >= 0.6 is 11.6 Å². The lowest BCUT2D eigenvalue weighted by atomic mass is 10.2. The van der Waals surface area contributed by atoms with E-state index in [0.29, 0.717) is 22.8 Å². The Labute approximate surface area is 134 Å². The minimum absolute atomic E-state index is 0.190. The van der Waals surface area contributed by atoms with E-state index < -0.39 is 0 Å². The van der Waals surface area contributed by atoms with Crippen LogP contribution in [0.15, 0.2) is 48.5 Å². The van der Waals surface area contributed by atoms with Crippen molar-refractivity contribution in [3.05, 3.63) is 59.1 Å². The van der Waals surface area contributed by atoms with Crippen LogP contribution < -0.4 is 10.2 Å². The quantitative estimate of drug-likeness (QED) is 0.916. The van der Waals surface area contributed by atoms with Crippen molar-refractivity contribution in [1.82, 2.24) is 0 Å². The second kappa shape index (κ2) is 7.48. The number of hydrogen-bond acceptors (Lipinski definition) is 3. The van der Waals surface area contributed by atoms with Crippen LogP contribution in [-0.2, 0) is 4.79 Å². The largest absolute Gasteiger partial charge is 0.362 e. The third-order valence-corrected chi connectivity index (χ3v) is 3.45. The summed E-state index contributed by atoms with van der Waals surface area (Å²) >= 11 is 5.92. The van der Waals surface area contributed by atoms with Gasteiger partial charge in [-0.25, -0.2) is 0 Å². The van der Waals surface area contributed by atoms with Gasteiger partial charge >= 0.3 is 0 Å². The number of rotatable bonds is 5. The molecule has 0 spiro atoms. The zero-order chi connectivity index (χ0) is 15.9. The summed E-state index contributed by atoms with van der Waals surface area (Å²) in [6, 6.07) is 16.5. The van der Waals surface area contributed by atoms with E-state index in [0.717, 1.165) is 5.69 Å². The highest BCUT2D eigenvalue weighted by Gasteiger charge is 2.12. The first-order valence-corrected chi connectivity index (χ1v) is 7.31. The zero-order valence-corrected chi connectivity index (χ0v) is 13.0. The monoisotopic (exact) mass is 313 g/mol. The van der Waals surface area contributed by atoms with Crippen LogP contribution in [0.3, 0.4) is 0 Å². The number of nitrogens with zero attached hydrogens (tertiary/aromatic N) is 2. The minimum Gasteiger partial charge on any atom is -0.362 e. The van der Waals surface area contributed by atoms with Crippen molar-refractivity contribution in [2.45, 2.75) is 6.92 Å². The smallest absolute Gasteiger partial charge is 0.243 e. The van der Waals surface area contributed by atoms with E-state index in [2.05, 4.69) is 5.32 Å². The Morgan fingerprint density at radius 1 is 1.27 bits per heavy atom. The van der Waals surface area contributed by atoms with E-state index in [1.54, 1.807) is 18.2 Å². The number of hydrogen-bond donors (Lipinski definition) is 1. The number of para-hydroxylation sites is 1. The molecule has 0 fully saturated rings. The molecule has 1 amide bonds. The van der Waals surface area contributed by atoms with Gasteiger partial charge in [-0.15, -0.1) is 0 Å². The average Bonchev–Trinajstić information content (AvgIpc) is 2.53. The number of likely N-dealkylation sites (N-methyl/N-ethyl adjacent to an activating group) is 1. The molecule has 0 aliphatic carbocycles. The Bertz CT molecular complexity index is 695. The highest BCUT2D eigenvalue weighted by molar-refractivity contribution is 6.31. The maximum Gasteiger partial charge on any atom is 0.243 e. The predicted molar refractivity (Wildman–Crippen MR) is 89.1 cm³/mol. The molecule has 2 aromatic rings. The second-order valence-electron chi connectivity index (χ2n) is 4.70. The van der Waals surface area contributed by atoms with E-state index >= 15 is 0 Å². The molecule has 2 aromatic carbocycles. The fraction of sp³-hybridized carbons (Fsp3) is 0.176. The molecular formula is C17H16ClN3O. The highest BCUT2D eigenvalue weighted by Crippen LogP contribution is 2.20. The number of carbonyl (C=O) groups is 1. The summed E-state index contributed by atoms with van der Waals surface area (Å²) in [6.07, 6.45) is 0. The molecular weight excluding hydrogens is 298 g/mol. The average molecular weight is 314 g/mol. The summed E-state index contributed by atoms with van der Waals surface area (Å²) in [6.45, 7) is 2.90. The third kappa shape index (κ3) is 4.00. The Hall–Kier alpha value is -2.51. The van der Waals surface area contributed by atoms with Crippen molar-refractivity contribution >= 4 is 28.9 Å². The normalized spacial score (nSPS) is 9.86. The topological polar surface area (TPSA) is 56.1 Å². The first-order valence-electron chi connectivity index (χ1n) is 6.93. The lowest BCUT2D eigenvalue weighted by Gasteiger charge is -2.22. The van der Waals surface area contributed by atoms with E-state index in [1.165, 1.54) is 0 Å². The molecule has 22 heavy (non-hydrogen) atoms. The Balaban J connectivity index is 2.10. The number of carbonyl (C=O) groups excluding carboxylic acids is 1. The maximum atomic E-state index is 12.2. The van der Waals surface area contributed by atoms with Gasteiger partial charge in [0.15, 0.2) is 0 Å². The van der Waals surface area contributed by atoms with Crippen molar-refractivity contribution in [2.75, 3.05) is 23.3 Å². The van der Waals surface area contributed by atoms with Gasteiger partial charge in [-0.2, -0.15) is 5.26 Å². The van der Waals surface area contributed by atoms with E-state index in [9.17, 15) is 4.79 Å². The molecule has 5 heteroatoms. The van der Waals surface area contributed by atoms with Gasteiger partial charge < -0.3 is 10.2 Å². The standard InChI is InChI=1S/C17H16ClN3O/c1-2-21(15-6-4-3-5-7-15)12-17(22)20-16-10-14(18)9-8-13(16)11-19/h3-10H,2,12H2,1H3,(H,20,22). The molecule has 112 valence electrons. The van der Waals surface area contributed by atoms with E-state index in [1.807, 2.05) is 48.2 Å². The Kier molecular flexibility index (Phi) is 5.40. The Morgan fingerprint density at radius 3 is 2.64 bits per heavy atom. The van der Waals surface area contributed by atoms with Crippen molar-refractivity contribution in [3.8, 4) is 6.07 Å². The summed E-state index contributed by atoms with van der Waals surface area (Å²) in [5.41, 5.74) is 1.80. The lowest BCUT2D eigenvalue weighted by Crippen LogP contribution is -2.33. The van der Waals surface area contributed by atoms with E-state index in [-0.39, 0.29) is 12.5 Å². The van der Waals surface area contributed by atoms with Gasteiger partial charge in [0.05, 0.1) is 17.8 Å². The molecule has 0 saturated heterocycles. The first kappa shape index (κ1) is 15.9. The van der Waals surface area contributed by atoms with Crippen molar-refractivity contribution in [1.29, 1.82) is 5.26 Å². The van der Waals surface area contributed by atoms with Gasteiger partial charge in [0.2, 0.25) is 5.91 Å². The molecule has 0 aliphatic heterocycles. The van der Waals surface area contributed by atoms with Crippen LogP contribution in [-0.4, -0.2) is 19.0 Å². The molecule has 0 aliphatic rings. The third-order valence-electron chi connectivity index (χ3n) is 3.21. The molecule has 0 aromatic heterocycles. The van der Waals surface area contributed by atoms with Crippen LogP contribution in [0.4, 0.5) is 11.4 Å². The molecule has 1 N–H and O–H groups in total. The Morgan fingerprint density at radius 2 is 2.00 bits per heavy atom. The molecule has 0 atom stereocenters.